The summed E-state index contributed by atoms with van der Waals surface area (Å²) in [5.74, 6) is 0.442. The molecule has 9 aromatic rings. The lowest BCUT2D eigenvalue weighted by Gasteiger charge is -2.34. The van der Waals surface area contributed by atoms with E-state index in [-0.39, 0.29) is 10.8 Å². The normalized spacial score (nSPS) is 18.6. The van der Waals surface area contributed by atoms with Crippen LogP contribution in [0.3, 0.4) is 0 Å². The molecule has 5 aliphatic carbocycles. The maximum absolute atomic E-state index is 2.56. The number of hydrogen-bond donors (Lipinski definition) is 0. The van der Waals surface area contributed by atoms with Gasteiger partial charge in [-0.15, -0.1) is 11.3 Å². The Morgan fingerprint density at radius 1 is 0.551 bits per heavy atom. The van der Waals surface area contributed by atoms with Gasteiger partial charge in [-0.05, 0) is 149 Å². The van der Waals surface area contributed by atoms with Crippen molar-refractivity contribution in [2.75, 3.05) is 4.90 Å². The third-order valence-electron chi connectivity index (χ3n) is 16.5. The molecule has 2 aromatic heterocycles. The highest BCUT2D eigenvalue weighted by molar-refractivity contribution is 7.26. The SMILES string of the molecule is CC1(C)C2=CC(N(c3ccc(-c4cccc5c4sc4ccccc45)cc3)c3ccc4c(c3)c3cc5c(cc3n4C3=CCCC=C3)-c3ccc(-c4ccccc4)cc3C5(C)C)=CCC2C2=C1CCC=C2. The number of thiophene rings is 1. The molecule has 1 atom stereocenters. The lowest BCUT2D eigenvalue weighted by Crippen LogP contribution is -2.22. The maximum Gasteiger partial charge on any atom is 0.0547 e. The molecule has 3 heteroatoms. The molecule has 0 saturated heterocycles. The van der Waals surface area contributed by atoms with Crippen LogP contribution in [0.15, 0.2) is 211 Å². The van der Waals surface area contributed by atoms with Crippen molar-refractivity contribution in [1.29, 1.82) is 0 Å². The third-order valence-corrected chi connectivity index (χ3v) is 17.8. The molecule has 2 heterocycles. The number of rotatable bonds is 6. The minimum Gasteiger partial charge on any atom is -0.311 e. The molecule has 2 nitrogen and oxygen atoms in total. The molecular formula is C66H54N2S. The molecule has 7 aromatic carbocycles. The second-order valence-corrected chi connectivity index (χ2v) is 22.0. The Kier molecular flexibility index (Phi) is 8.96. The number of fused-ring (bicyclic) bond motifs is 11. The maximum atomic E-state index is 2.56. The van der Waals surface area contributed by atoms with E-state index in [2.05, 4.69) is 225 Å². The van der Waals surface area contributed by atoms with E-state index in [1.54, 1.807) is 16.7 Å². The van der Waals surface area contributed by atoms with Gasteiger partial charge in [0.05, 0.1) is 11.0 Å². The average molecular weight is 907 g/mol. The minimum atomic E-state index is -0.167. The zero-order valence-electron chi connectivity index (χ0n) is 39.8. The van der Waals surface area contributed by atoms with E-state index >= 15 is 0 Å². The Hall–Kier alpha value is -7.20. The average Bonchev–Trinajstić information content (AvgIpc) is 4.07. The van der Waals surface area contributed by atoms with Crippen LogP contribution in [0.5, 0.6) is 0 Å². The zero-order valence-corrected chi connectivity index (χ0v) is 40.6. The first-order chi connectivity index (χ1) is 33.7. The topological polar surface area (TPSA) is 8.17 Å². The molecule has 0 saturated carbocycles. The second kappa shape index (κ2) is 15.1. The monoisotopic (exact) mass is 906 g/mol. The third kappa shape index (κ3) is 6.09. The number of benzene rings is 7. The van der Waals surface area contributed by atoms with Gasteiger partial charge >= 0.3 is 0 Å². The number of nitrogens with zero attached hydrogens (tertiary/aromatic N) is 2. The Bertz CT molecular complexity index is 3850. The van der Waals surface area contributed by atoms with E-state index in [1.165, 1.54) is 109 Å². The molecule has 69 heavy (non-hydrogen) atoms. The molecule has 0 fully saturated rings. The second-order valence-electron chi connectivity index (χ2n) is 21.0. The van der Waals surface area contributed by atoms with Gasteiger partial charge in [-0.1, -0.05) is 160 Å². The van der Waals surface area contributed by atoms with Crippen LogP contribution in [0.2, 0.25) is 0 Å². The van der Waals surface area contributed by atoms with Gasteiger partial charge in [0.2, 0.25) is 0 Å². The molecule has 5 aliphatic rings. The van der Waals surface area contributed by atoms with E-state index in [1.807, 2.05) is 11.3 Å². The van der Waals surface area contributed by atoms with E-state index in [0.717, 1.165) is 32.1 Å². The molecule has 334 valence electrons. The molecule has 0 N–H and O–H groups in total. The molecule has 0 aliphatic heterocycles. The number of aromatic nitrogens is 1. The summed E-state index contributed by atoms with van der Waals surface area (Å²) in [6, 6.07) is 55.3. The van der Waals surface area contributed by atoms with Gasteiger partial charge in [0.1, 0.15) is 0 Å². The molecule has 0 bridgehead atoms. The summed E-state index contributed by atoms with van der Waals surface area (Å²) in [5, 5.41) is 5.25. The van der Waals surface area contributed by atoms with Crippen LogP contribution in [-0.2, 0) is 5.41 Å². The van der Waals surface area contributed by atoms with Gasteiger partial charge in [-0.2, -0.15) is 0 Å². The van der Waals surface area contributed by atoms with Crippen molar-refractivity contribution in [2.45, 2.75) is 65.2 Å². The molecule has 14 rings (SSSR count). The van der Waals surface area contributed by atoms with Crippen LogP contribution >= 0.6 is 11.3 Å². The van der Waals surface area contributed by atoms with Gasteiger partial charge in [-0.25, -0.2) is 0 Å². The van der Waals surface area contributed by atoms with Crippen LogP contribution < -0.4 is 4.90 Å². The first-order valence-corrected chi connectivity index (χ1v) is 25.9. The predicted octanol–water partition coefficient (Wildman–Crippen LogP) is 18.6. The first kappa shape index (κ1) is 40.8. The fourth-order valence-electron chi connectivity index (χ4n) is 13.0. The van der Waals surface area contributed by atoms with Crippen molar-refractivity contribution in [3.63, 3.8) is 0 Å². The summed E-state index contributed by atoms with van der Waals surface area (Å²) in [6.07, 6.45) is 22.5. The van der Waals surface area contributed by atoms with Crippen molar-refractivity contribution in [3.05, 3.63) is 222 Å². The fourth-order valence-corrected chi connectivity index (χ4v) is 14.3. The highest BCUT2D eigenvalue weighted by atomic mass is 32.1. The van der Waals surface area contributed by atoms with Crippen LogP contribution in [0.1, 0.15) is 70.9 Å². The Balaban J connectivity index is 0.947. The van der Waals surface area contributed by atoms with Gasteiger partial charge in [0.25, 0.3) is 0 Å². The largest absolute Gasteiger partial charge is 0.311 e. The predicted molar refractivity (Wildman–Crippen MR) is 295 cm³/mol. The molecule has 0 spiro atoms. The lowest BCUT2D eigenvalue weighted by molar-refractivity contribution is 0.504. The van der Waals surface area contributed by atoms with E-state index in [0.29, 0.717) is 5.92 Å². The summed E-state index contributed by atoms with van der Waals surface area (Å²) >= 11 is 1.90. The van der Waals surface area contributed by atoms with Crippen LogP contribution in [0.25, 0.3) is 81.1 Å². The number of allylic oxidation sites excluding steroid dienone is 11. The Labute approximate surface area is 409 Å². The molecular weight excluding hydrogens is 853 g/mol. The lowest BCUT2D eigenvalue weighted by atomic mass is 9.76. The van der Waals surface area contributed by atoms with E-state index in [4.69, 9.17) is 0 Å². The Morgan fingerprint density at radius 2 is 1.32 bits per heavy atom. The quantitative estimate of drug-likeness (QED) is 0.161. The van der Waals surface area contributed by atoms with E-state index in [9.17, 15) is 0 Å². The van der Waals surface area contributed by atoms with Crippen LogP contribution in [0.4, 0.5) is 11.4 Å². The van der Waals surface area contributed by atoms with Crippen molar-refractivity contribution < 1.29 is 0 Å². The van der Waals surface area contributed by atoms with Crippen molar-refractivity contribution in [3.8, 4) is 33.4 Å². The van der Waals surface area contributed by atoms with Gasteiger partial charge in [0, 0.05) is 70.5 Å². The van der Waals surface area contributed by atoms with E-state index < -0.39 is 0 Å². The van der Waals surface area contributed by atoms with Gasteiger partial charge in [-0.3, -0.25) is 0 Å². The molecule has 0 amide bonds. The summed E-state index contributed by atoms with van der Waals surface area (Å²) in [6.45, 7) is 9.79. The van der Waals surface area contributed by atoms with Crippen molar-refractivity contribution in [2.24, 2.45) is 11.3 Å². The molecule has 1 unspecified atom stereocenters. The zero-order chi connectivity index (χ0) is 46.2. The Morgan fingerprint density at radius 3 is 2.17 bits per heavy atom. The fraction of sp³-hybridized carbons (Fsp3) is 0.182. The summed E-state index contributed by atoms with van der Waals surface area (Å²) in [4.78, 5) is 2.55. The highest BCUT2D eigenvalue weighted by Crippen LogP contribution is 2.57. The van der Waals surface area contributed by atoms with Gasteiger partial charge in [0.15, 0.2) is 0 Å². The van der Waals surface area contributed by atoms with Crippen LogP contribution in [-0.4, -0.2) is 4.57 Å². The highest BCUT2D eigenvalue weighted by Gasteiger charge is 2.44. The standard InChI is InChI=1S/C66H54N2S/c1-65(2)57-24-13-11-20-49(57)50-34-31-47(38-59(50)65)67(45-29-26-42(27-30-45)48-22-15-23-53-52-21-12-14-25-63(52)69-64(48)53)46-32-35-61-55(37-46)56-39-60-54(40-62(56)68(61)44-18-9-6-10-19-44)51-33-28-43(36-58(51)66(60,3)4)41-16-7-5-8-17-41/h5,7-9,11-12,14-23,25-33,35-40,50H,6,10,13,24,34H2,1-4H3. The summed E-state index contributed by atoms with van der Waals surface area (Å²) in [7, 11) is 0. The number of anilines is 2. The summed E-state index contributed by atoms with van der Waals surface area (Å²) < 4.78 is 5.23. The molecule has 0 radical (unpaired) electrons. The van der Waals surface area contributed by atoms with Gasteiger partial charge < -0.3 is 9.47 Å². The number of hydrogen-bond acceptors (Lipinski definition) is 2. The minimum absolute atomic E-state index is 0.0218. The van der Waals surface area contributed by atoms with Crippen molar-refractivity contribution >= 4 is 70.4 Å². The first-order valence-electron chi connectivity index (χ1n) is 25.1. The van der Waals surface area contributed by atoms with Crippen molar-refractivity contribution in [1.82, 2.24) is 4.57 Å². The van der Waals surface area contributed by atoms with Crippen LogP contribution in [0, 0.1) is 11.3 Å². The smallest absolute Gasteiger partial charge is 0.0547 e. The summed E-state index contributed by atoms with van der Waals surface area (Å²) in [5.41, 5.74) is 22.5.